The summed E-state index contributed by atoms with van der Waals surface area (Å²) in [6.45, 7) is 6.71. The van der Waals surface area contributed by atoms with E-state index in [0.29, 0.717) is 13.1 Å². The largest absolute Gasteiger partial charge is 0.444 e. The maximum atomic E-state index is 12.6. The Morgan fingerprint density at radius 1 is 1.12 bits per heavy atom. The van der Waals surface area contributed by atoms with Gasteiger partial charge in [-0.2, -0.15) is 0 Å². The summed E-state index contributed by atoms with van der Waals surface area (Å²) in [5.41, 5.74) is 0.280. The molecule has 1 aromatic rings. The lowest BCUT2D eigenvalue weighted by molar-refractivity contribution is 0.000745. The number of hydrogen-bond acceptors (Lipinski definition) is 3. The van der Waals surface area contributed by atoms with Crippen LogP contribution in [0.15, 0.2) is 24.3 Å². The van der Waals surface area contributed by atoms with Crippen molar-refractivity contribution in [2.24, 2.45) is 0 Å². The number of nitrogens with zero attached hydrogens (tertiary/aromatic N) is 2. The van der Waals surface area contributed by atoms with Crippen molar-refractivity contribution in [1.82, 2.24) is 9.80 Å². The summed E-state index contributed by atoms with van der Waals surface area (Å²) >= 11 is 2.23. The van der Waals surface area contributed by atoms with Crippen molar-refractivity contribution in [1.29, 1.82) is 0 Å². The Morgan fingerprint density at radius 2 is 1.68 bits per heavy atom. The van der Waals surface area contributed by atoms with Gasteiger partial charge in [0.2, 0.25) is 0 Å². The molecule has 0 spiro atoms. The molecule has 6 nitrogen and oxygen atoms in total. The second-order valence-corrected chi connectivity index (χ2v) is 8.86. The molecule has 2 saturated heterocycles. The molecule has 1 aromatic carbocycles. The number of halogens is 1. The second-order valence-electron chi connectivity index (χ2n) is 7.61. The van der Waals surface area contributed by atoms with Crippen LogP contribution in [0.5, 0.6) is 0 Å². The highest BCUT2D eigenvalue weighted by Crippen LogP contribution is 2.32. The number of piperazine rings is 1. The lowest BCUT2D eigenvalue weighted by Gasteiger charge is -2.41. The van der Waals surface area contributed by atoms with Crippen LogP contribution in [0, 0.1) is 3.57 Å². The van der Waals surface area contributed by atoms with E-state index in [4.69, 9.17) is 4.74 Å². The van der Waals surface area contributed by atoms with E-state index in [0.717, 1.165) is 22.1 Å². The van der Waals surface area contributed by atoms with Crippen LogP contribution in [-0.2, 0) is 4.74 Å². The van der Waals surface area contributed by atoms with Gasteiger partial charge in [0.15, 0.2) is 0 Å². The highest BCUT2D eigenvalue weighted by Gasteiger charge is 2.45. The first-order valence-corrected chi connectivity index (χ1v) is 9.63. The molecule has 0 radical (unpaired) electrons. The number of rotatable bonds is 1. The summed E-state index contributed by atoms with van der Waals surface area (Å²) in [6, 6.07) is 7.67. The molecule has 2 aliphatic rings. The molecule has 2 aliphatic heterocycles. The molecule has 0 aromatic heterocycles. The van der Waals surface area contributed by atoms with Gasteiger partial charge in [0, 0.05) is 22.3 Å². The van der Waals surface area contributed by atoms with Crippen LogP contribution >= 0.6 is 22.6 Å². The lowest BCUT2D eigenvalue weighted by atomic mass is 10.2. The van der Waals surface area contributed by atoms with Crippen LogP contribution in [0.25, 0.3) is 0 Å². The van der Waals surface area contributed by atoms with Crippen molar-refractivity contribution >= 4 is 40.4 Å². The van der Waals surface area contributed by atoms with E-state index >= 15 is 0 Å². The van der Waals surface area contributed by atoms with E-state index in [1.54, 1.807) is 4.90 Å². The van der Waals surface area contributed by atoms with Crippen LogP contribution in [0.2, 0.25) is 0 Å². The van der Waals surface area contributed by atoms with Gasteiger partial charge in [-0.1, -0.05) is 0 Å². The molecule has 3 amide bonds. The molecule has 1 N–H and O–H groups in total. The summed E-state index contributed by atoms with van der Waals surface area (Å²) in [7, 11) is 0. The third kappa shape index (κ3) is 4.37. The minimum Gasteiger partial charge on any atom is -0.444 e. The van der Waals surface area contributed by atoms with Gasteiger partial charge in [-0.25, -0.2) is 9.59 Å². The van der Waals surface area contributed by atoms with Crippen molar-refractivity contribution in [3.8, 4) is 0 Å². The molecule has 2 atom stereocenters. The van der Waals surface area contributed by atoms with E-state index in [-0.39, 0.29) is 24.2 Å². The molecule has 2 unspecified atom stereocenters. The lowest BCUT2D eigenvalue weighted by Crippen LogP contribution is -2.58. The number of likely N-dealkylation sites (tertiary alicyclic amines) is 1. The SMILES string of the molecule is CC(C)(C)OC(=O)N1C2CCC1CN(C(=O)Nc1ccc(I)cc1)C2. The van der Waals surface area contributed by atoms with Crippen molar-refractivity contribution in [3.05, 3.63) is 27.8 Å². The molecule has 3 rings (SSSR count). The minimum atomic E-state index is -0.504. The number of carbonyl (C=O) groups is 2. The number of ether oxygens (including phenoxy) is 1. The summed E-state index contributed by atoms with van der Waals surface area (Å²) in [4.78, 5) is 28.7. The number of urea groups is 1. The maximum absolute atomic E-state index is 12.6. The zero-order valence-corrected chi connectivity index (χ0v) is 16.9. The molecule has 0 saturated carbocycles. The Bertz CT molecular complexity index is 643. The number of amides is 3. The molecule has 136 valence electrons. The molecule has 2 heterocycles. The number of fused-ring (bicyclic) bond motifs is 2. The Hall–Kier alpha value is -1.51. The predicted molar refractivity (Wildman–Crippen MR) is 105 cm³/mol. The van der Waals surface area contributed by atoms with Gasteiger partial charge in [0.05, 0.1) is 12.1 Å². The summed E-state index contributed by atoms with van der Waals surface area (Å²) in [6.07, 6.45) is 1.56. The van der Waals surface area contributed by atoms with Gasteiger partial charge in [0.1, 0.15) is 5.60 Å². The summed E-state index contributed by atoms with van der Waals surface area (Å²) in [5.74, 6) is 0. The van der Waals surface area contributed by atoms with E-state index in [1.807, 2.05) is 49.9 Å². The molecule has 2 fully saturated rings. The second kappa shape index (κ2) is 7.01. The van der Waals surface area contributed by atoms with Crippen LogP contribution in [-0.4, -0.2) is 52.7 Å². The average molecular weight is 457 g/mol. The third-order valence-corrected chi connectivity index (χ3v) is 5.19. The van der Waals surface area contributed by atoms with Gasteiger partial charge < -0.3 is 15.0 Å². The topological polar surface area (TPSA) is 61.9 Å². The average Bonchev–Trinajstić information content (AvgIpc) is 2.78. The van der Waals surface area contributed by atoms with Crippen LogP contribution in [0.3, 0.4) is 0 Å². The number of benzene rings is 1. The van der Waals surface area contributed by atoms with Crippen molar-refractivity contribution < 1.29 is 14.3 Å². The highest BCUT2D eigenvalue weighted by molar-refractivity contribution is 14.1. The van der Waals surface area contributed by atoms with Gasteiger partial charge in [-0.05, 0) is 80.5 Å². The molecule has 0 aliphatic carbocycles. The quantitative estimate of drug-likeness (QED) is 0.651. The first-order valence-electron chi connectivity index (χ1n) is 8.56. The molecular weight excluding hydrogens is 433 g/mol. The Labute approximate surface area is 162 Å². The van der Waals surface area contributed by atoms with E-state index < -0.39 is 5.60 Å². The van der Waals surface area contributed by atoms with E-state index in [9.17, 15) is 9.59 Å². The smallest absolute Gasteiger partial charge is 0.410 e. The van der Waals surface area contributed by atoms with Gasteiger partial charge >= 0.3 is 12.1 Å². The van der Waals surface area contributed by atoms with Crippen molar-refractivity contribution in [2.45, 2.75) is 51.3 Å². The molecular formula is C18H24IN3O3. The van der Waals surface area contributed by atoms with Crippen LogP contribution in [0.1, 0.15) is 33.6 Å². The first kappa shape index (κ1) is 18.3. The predicted octanol–water partition coefficient (Wildman–Crippen LogP) is 3.91. The minimum absolute atomic E-state index is 0.0380. The number of carbonyl (C=O) groups excluding carboxylic acids is 2. The standard InChI is InChI=1S/C18H24IN3O3/c1-18(2,3)25-17(24)22-14-8-9-15(22)11-21(10-14)16(23)20-13-6-4-12(19)5-7-13/h4-7,14-15H,8-11H2,1-3H3,(H,20,23). The Morgan fingerprint density at radius 3 is 2.20 bits per heavy atom. The van der Waals surface area contributed by atoms with E-state index in [2.05, 4.69) is 27.9 Å². The van der Waals surface area contributed by atoms with Crippen molar-refractivity contribution in [3.63, 3.8) is 0 Å². The monoisotopic (exact) mass is 457 g/mol. The number of hydrogen-bond donors (Lipinski definition) is 1. The number of anilines is 1. The fourth-order valence-corrected chi connectivity index (χ4v) is 3.78. The molecule has 2 bridgehead atoms. The van der Waals surface area contributed by atoms with Gasteiger partial charge in [-0.3, -0.25) is 4.90 Å². The van der Waals surface area contributed by atoms with Crippen molar-refractivity contribution in [2.75, 3.05) is 18.4 Å². The fraction of sp³-hybridized carbons (Fsp3) is 0.556. The Kier molecular flexibility index (Phi) is 5.13. The number of nitrogens with one attached hydrogen (secondary N) is 1. The van der Waals surface area contributed by atoms with Gasteiger partial charge in [-0.15, -0.1) is 0 Å². The normalized spacial score (nSPS) is 22.7. The molecule has 7 heteroatoms. The maximum Gasteiger partial charge on any atom is 0.410 e. The molecule has 25 heavy (non-hydrogen) atoms. The third-order valence-electron chi connectivity index (χ3n) is 4.47. The summed E-state index contributed by atoms with van der Waals surface area (Å²) in [5, 5.41) is 2.94. The van der Waals surface area contributed by atoms with Gasteiger partial charge in [0.25, 0.3) is 0 Å². The first-order chi connectivity index (χ1) is 11.7. The van der Waals surface area contributed by atoms with E-state index in [1.165, 1.54) is 0 Å². The highest BCUT2D eigenvalue weighted by atomic mass is 127. The van der Waals surface area contributed by atoms with Crippen LogP contribution in [0.4, 0.5) is 15.3 Å². The Balaban J connectivity index is 1.62. The van der Waals surface area contributed by atoms with Crippen LogP contribution < -0.4 is 5.32 Å². The zero-order chi connectivity index (χ0) is 18.2. The summed E-state index contributed by atoms with van der Waals surface area (Å²) < 4.78 is 6.65. The zero-order valence-electron chi connectivity index (χ0n) is 14.8. The fourth-order valence-electron chi connectivity index (χ4n) is 3.42.